The van der Waals surface area contributed by atoms with Gasteiger partial charge in [0.15, 0.2) is 0 Å². The number of nitrogens with zero attached hydrogens (tertiary/aromatic N) is 1. The fraction of sp³-hybridized carbons (Fsp3) is 0.519. The lowest BCUT2D eigenvalue weighted by Crippen LogP contribution is -2.37. The maximum Gasteiger partial charge on any atom is 0.223 e. The smallest absolute Gasteiger partial charge is 0.223 e. The summed E-state index contributed by atoms with van der Waals surface area (Å²) < 4.78 is 5.45. The number of rotatable bonds is 8. The lowest BCUT2D eigenvalue weighted by molar-refractivity contribution is -0.123. The van der Waals surface area contributed by atoms with E-state index in [-0.39, 0.29) is 17.2 Å². The maximum atomic E-state index is 12.7. The molecule has 1 N–H and O–H groups in total. The summed E-state index contributed by atoms with van der Waals surface area (Å²) in [6.07, 6.45) is 5.39. The molecule has 2 aromatic carbocycles. The van der Waals surface area contributed by atoms with Gasteiger partial charge in [-0.15, -0.1) is 0 Å². The number of amides is 1. The molecule has 0 unspecified atom stereocenters. The van der Waals surface area contributed by atoms with Gasteiger partial charge in [-0.25, -0.2) is 0 Å². The van der Waals surface area contributed by atoms with Gasteiger partial charge in [0.1, 0.15) is 5.75 Å². The van der Waals surface area contributed by atoms with Crippen molar-refractivity contribution in [2.75, 3.05) is 26.7 Å². The number of methoxy groups -OCH3 is 1. The first kappa shape index (κ1) is 21.9. The highest BCUT2D eigenvalue weighted by Crippen LogP contribution is 2.59. The molecule has 4 heteroatoms. The lowest BCUT2D eigenvalue weighted by Gasteiger charge is -2.33. The summed E-state index contributed by atoms with van der Waals surface area (Å²) in [6, 6.07) is 14.8. The summed E-state index contributed by atoms with van der Waals surface area (Å²) in [4.78, 5) is 15.2. The number of carbonyl (C=O) groups excluding carboxylic acids is 1. The Morgan fingerprint density at radius 1 is 1.10 bits per heavy atom. The SMILES string of the molecule is COc1ccc(CN2CCC3(CC2)C[C@@H]3C(=O)NCCCc2ccccc2)c(C)c1C. The standard InChI is InChI=1S/C27H36N2O2/c1-20-21(2)25(31-3)12-11-23(20)19-29-16-13-27(14-17-29)18-24(27)26(30)28-15-7-10-22-8-5-4-6-9-22/h4-6,8-9,11-12,24H,7,10,13-19H2,1-3H3,(H,28,30)/t24-/m1/s1. The zero-order valence-electron chi connectivity index (χ0n) is 19.2. The first-order valence-corrected chi connectivity index (χ1v) is 11.7. The van der Waals surface area contributed by atoms with Crippen molar-refractivity contribution in [1.29, 1.82) is 0 Å². The van der Waals surface area contributed by atoms with E-state index in [1.165, 1.54) is 22.3 Å². The third-order valence-corrected chi connectivity index (χ3v) is 7.61. The molecule has 1 atom stereocenters. The molecule has 31 heavy (non-hydrogen) atoms. The molecule has 2 aromatic rings. The minimum atomic E-state index is 0.233. The van der Waals surface area contributed by atoms with E-state index in [2.05, 4.69) is 60.5 Å². The highest BCUT2D eigenvalue weighted by molar-refractivity contribution is 5.82. The molecule has 1 saturated heterocycles. The molecule has 4 rings (SSSR count). The van der Waals surface area contributed by atoms with E-state index in [4.69, 9.17) is 4.74 Å². The first-order chi connectivity index (χ1) is 15.0. The molecule has 1 amide bonds. The fourth-order valence-electron chi connectivity index (χ4n) is 5.18. The molecule has 0 radical (unpaired) electrons. The van der Waals surface area contributed by atoms with E-state index in [9.17, 15) is 4.79 Å². The zero-order valence-corrected chi connectivity index (χ0v) is 19.2. The summed E-state index contributed by atoms with van der Waals surface area (Å²) >= 11 is 0. The zero-order chi connectivity index (χ0) is 21.8. The minimum absolute atomic E-state index is 0.233. The Labute approximate surface area is 187 Å². The quantitative estimate of drug-likeness (QED) is 0.632. The number of piperidine rings is 1. The molecule has 1 spiro atoms. The van der Waals surface area contributed by atoms with Gasteiger partial charge in [0, 0.05) is 19.0 Å². The second-order valence-electron chi connectivity index (χ2n) is 9.45. The third kappa shape index (κ3) is 4.95. The van der Waals surface area contributed by atoms with Gasteiger partial charge >= 0.3 is 0 Å². The van der Waals surface area contributed by atoms with Crippen LogP contribution >= 0.6 is 0 Å². The van der Waals surface area contributed by atoms with Crippen LogP contribution in [0.4, 0.5) is 0 Å². The van der Waals surface area contributed by atoms with Crippen LogP contribution in [-0.4, -0.2) is 37.6 Å². The van der Waals surface area contributed by atoms with Gasteiger partial charge in [0.2, 0.25) is 5.91 Å². The number of hydrogen-bond acceptors (Lipinski definition) is 3. The largest absolute Gasteiger partial charge is 0.496 e. The van der Waals surface area contributed by atoms with Crippen LogP contribution in [0, 0.1) is 25.2 Å². The molecule has 1 saturated carbocycles. The molecular formula is C27H36N2O2. The fourth-order valence-corrected chi connectivity index (χ4v) is 5.18. The van der Waals surface area contributed by atoms with E-state index in [0.29, 0.717) is 0 Å². The van der Waals surface area contributed by atoms with E-state index < -0.39 is 0 Å². The average molecular weight is 421 g/mol. The maximum absolute atomic E-state index is 12.7. The summed E-state index contributed by atoms with van der Waals surface area (Å²) in [5, 5.41) is 3.20. The highest BCUT2D eigenvalue weighted by atomic mass is 16.5. The molecule has 0 bridgehead atoms. The predicted octanol–water partition coefficient (Wildman–Crippen LogP) is 4.66. The van der Waals surface area contributed by atoms with Crippen molar-refractivity contribution >= 4 is 5.91 Å². The summed E-state index contributed by atoms with van der Waals surface area (Å²) in [6.45, 7) is 8.27. The van der Waals surface area contributed by atoms with Crippen LogP contribution in [0.2, 0.25) is 0 Å². The van der Waals surface area contributed by atoms with Crippen LogP contribution in [0.3, 0.4) is 0 Å². The number of hydrogen-bond donors (Lipinski definition) is 1. The number of ether oxygens (including phenoxy) is 1. The molecule has 1 heterocycles. The van der Waals surface area contributed by atoms with Crippen molar-refractivity contribution in [3.05, 3.63) is 64.7 Å². The minimum Gasteiger partial charge on any atom is -0.496 e. The van der Waals surface area contributed by atoms with Crippen LogP contribution in [0.1, 0.15) is 47.9 Å². The third-order valence-electron chi connectivity index (χ3n) is 7.61. The van der Waals surface area contributed by atoms with Crippen molar-refractivity contribution in [2.45, 2.75) is 52.5 Å². The average Bonchev–Trinajstić information content (AvgIpc) is 3.50. The van der Waals surface area contributed by atoms with Crippen molar-refractivity contribution < 1.29 is 9.53 Å². The van der Waals surface area contributed by atoms with E-state index >= 15 is 0 Å². The van der Waals surface area contributed by atoms with Gasteiger partial charge in [-0.1, -0.05) is 36.4 Å². The van der Waals surface area contributed by atoms with Crippen molar-refractivity contribution in [3.8, 4) is 5.75 Å². The normalized spacial score (nSPS) is 19.9. The Morgan fingerprint density at radius 2 is 1.84 bits per heavy atom. The topological polar surface area (TPSA) is 41.6 Å². The second-order valence-corrected chi connectivity index (χ2v) is 9.45. The summed E-state index contributed by atoms with van der Waals surface area (Å²) in [7, 11) is 1.73. The number of nitrogens with one attached hydrogen (secondary N) is 1. The molecule has 0 aromatic heterocycles. The number of likely N-dealkylation sites (tertiary alicyclic amines) is 1. The number of aryl methyl sites for hydroxylation is 1. The Balaban J connectivity index is 1.20. The lowest BCUT2D eigenvalue weighted by atomic mass is 9.90. The van der Waals surface area contributed by atoms with Crippen LogP contribution in [0.25, 0.3) is 0 Å². The molecule has 166 valence electrons. The van der Waals surface area contributed by atoms with Gasteiger partial charge in [0.25, 0.3) is 0 Å². The number of carbonyl (C=O) groups is 1. The Hall–Kier alpha value is -2.33. The van der Waals surface area contributed by atoms with Crippen LogP contribution < -0.4 is 10.1 Å². The van der Waals surface area contributed by atoms with Crippen molar-refractivity contribution in [2.24, 2.45) is 11.3 Å². The molecule has 2 aliphatic rings. The Kier molecular flexibility index (Phi) is 6.66. The molecule has 4 nitrogen and oxygen atoms in total. The van der Waals surface area contributed by atoms with Gasteiger partial charge in [-0.2, -0.15) is 0 Å². The monoisotopic (exact) mass is 420 g/mol. The van der Waals surface area contributed by atoms with Crippen molar-refractivity contribution in [3.63, 3.8) is 0 Å². The summed E-state index contributed by atoms with van der Waals surface area (Å²) in [5.41, 5.74) is 5.57. The Morgan fingerprint density at radius 3 is 2.55 bits per heavy atom. The summed E-state index contributed by atoms with van der Waals surface area (Å²) in [5.74, 6) is 1.48. The van der Waals surface area contributed by atoms with E-state index in [1.807, 2.05) is 6.07 Å². The predicted molar refractivity (Wildman–Crippen MR) is 125 cm³/mol. The second kappa shape index (κ2) is 9.44. The van der Waals surface area contributed by atoms with Crippen LogP contribution in [0.15, 0.2) is 42.5 Å². The molecule has 2 fully saturated rings. The highest BCUT2D eigenvalue weighted by Gasteiger charge is 2.58. The van der Waals surface area contributed by atoms with Crippen molar-refractivity contribution in [1.82, 2.24) is 10.2 Å². The van der Waals surface area contributed by atoms with Gasteiger partial charge in [0.05, 0.1) is 7.11 Å². The molecular weight excluding hydrogens is 384 g/mol. The van der Waals surface area contributed by atoms with E-state index in [1.54, 1.807) is 7.11 Å². The Bertz CT molecular complexity index is 901. The van der Waals surface area contributed by atoms with Gasteiger partial charge in [-0.3, -0.25) is 9.69 Å². The van der Waals surface area contributed by atoms with E-state index in [0.717, 1.165) is 64.0 Å². The first-order valence-electron chi connectivity index (χ1n) is 11.7. The van der Waals surface area contributed by atoms with Gasteiger partial charge < -0.3 is 10.1 Å². The molecule has 1 aliphatic heterocycles. The van der Waals surface area contributed by atoms with Crippen LogP contribution in [-0.2, 0) is 17.8 Å². The van der Waals surface area contributed by atoms with Gasteiger partial charge in [-0.05, 0) is 92.8 Å². The van der Waals surface area contributed by atoms with Crippen LogP contribution in [0.5, 0.6) is 5.75 Å². The number of benzene rings is 2. The molecule has 1 aliphatic carbocycles.